The van der Waals surface area contributed by atoms with Gasteiger partial charge < -0.3 is 25.8 Å². The van der Waals surface area contributed by atoms with E-state index in [1.807, 2.05) is 0 Å². The molecule has 0 spiro atoms. The Labute approximate surface area is 134 Å². The van der Waals surface area contributed by atoms with E-state index in [1.54, 1.807) is 32.9 Å². The number of methoxy groups -OCH3 is 1. The fourth-order valence-corrected chi connectivity index (χ4v) is 2.04. The number of hydrogen-bond acceptors (Lipinski definition) is 5. The molecule has 0 atom stereocenters. The van der Waals surface area contributed by atoms with E-state index in [-0.39, 0.29) is 6.54 Å². The first kappa shape index (κ1) is 18.0. The summed E-state index contributed by atoms with van der Waals surface area (Å²) in [5, 5.41) is 5.08. The van der Waals surface area contributed by atoms with Gasteiger partial charge in [-0.15, -0.1) is 12.6 Å². The van der Waals surface area contributed by atoms with Gasteiger partial charge in [-0.1, -0.05) is 6.07 Å². The Hall–Kier alpha value is -2.09. The van der Waals surface area contributed by atoms with E-state index in [9.17, 15) is 9.59 Å². The summed E-state index contributed by atoms with van der Waals surface area (Å²) in [5.41, 5.74) is 5.57. The van der Waals surface area contributed by atoms with E-state index in [0.717, 1.165) is 0 Å². The van der Waals surface area contributed by atoms with Crippen LogP contribution in [0.5, 0.6) is 5.75 Å². The molecule has 0 aliphatic carbocycles. The second kappa shape index (κ2) is 7.26. The van der Waals surface area contributed by atoms with Gasteiger partial charge in [-0.25, -0.2) is 9.59 Å². The van der Waals surface area contributed by atoms with Crippen LogP contribution in [0.25, 0.3) is 0 Å². The number of anilines is 1. The highest BCUT2D eigenvalue weighted by Gasteiger charge is 2.17. The van der Waals surface area contributed by atoms with Gasteiger partial charge in [-0.05, 0) is 32.4 Å². The molecule has 7 nitrogen and oxygen atoms in total. The Balaban J connectivity index is 2.92. The zero-order valence-corrected chi connectivity index (χ0v) is 13.9. The van der Waals surface area contributed by atoms with E-state index in [2.05, 4.69) is 23.3 Å². The molecule has 1 aromatic rings. The number of alkyl carbamates (subject to hydrolysis) is 1. The molecule has 0 radical (unpaired) electrons. The Morgan fingerprint density at radius 3 is 2.45 bits per heavy atom. The molecular formula is C14H21N3O4S. The van der Waals surface area contributed by atoms with Gasteiger partial charge >= 0.3 is 12.1 Å². The third-order valence-electron chi connectivity index (χ3n) is 2.52. The molecule has 3 amide bonds. The van der Waals surface area contributed by atoms with Crippen molar-refractivity contribution in [2.24, 2.45) is 5.73 Å². The highest BCUT2D eigenvalue weighted by Crippen LogP contribution is 2.33. The van der Waals surface area contributed by atoms with Crippen molar-refractivity contribution in [1.82, 2.24) is 5.32 Å². The van der Waals surface area contributed by atoms with Gasteiger partial charge in [0.2, 0.25) is 0 Å². The highest BCUT2D eigenvalue weighted by molar-refractivity contribution is 7.80. The Morgan fingerprint density at radius 2 is 1.95 bits per heavy atom. The summed E-state index contributed by atoms with van der Waals surface area (Å²) in [7, 11) is 1.49. The van der Waals surface area contributed by atoms with Crippen molar-refractivity contribution in [3.05, 3.63) is 17.7 Å². The van der Waals surface area contributed by atoms with Gasteiger partial charge in [0.05, 0.1) is 17.7 Å². The van der Waals surface area contributed by atoms with Crippen molar-refractivity contribution in [2.45, 2.75) is 37.8 Å². The molecule has 0 saturated carbocycles. The number of amides is 3. The summed E-state index contributed by atoms with van der Waals surface area (Å²) >= 11 is 4.31. The zero-order valence-electron chi connectivity index (χ0n) is 13.0. The number of carbonyl (C=O) groups is 2. The number of rotatable bonds is 4. The minimum atomic E-state index is -0.734. The predicted octanol–water partition coefficient (Wildman–Crippen LogP) is 2.50. The summed E-state index contributed by atoms with van der Waals surface area (Å²) in [5.74, 6) is 0.480. The van der Waals surface area contributed by atoms with Crippen LogP contribution in [-0.4, -0.2) is 24.8 Å². The van der Waals surface area contributed by atoms with Crippen molar-refractivity contribution < 1.29 is 19.1 Å². The minimum absolute atomic E-state index is 0.141. The number of primary amides is 1. The van der Waals surface area contributed by atoms with Crippen LogP contribution in [0.1, 0.15) is 26.3 Å². The number of urea groups is 1. The first-order valence-electron chi connectivity index (χ1n) is 6.56. The van der Waals surface area contributed by atoms with Crippen molar-refractivity contribution in [2.75, 3.05) is 12.4 Å². The third-order valence-corrected chi connectivity index (χ3v) is 2.96. The van der Waals surface area contributed by atoms with Gasteiger partial charge in [0.1, 0.15) is 11.4 Å². The van der Waals surface area contributed by atoms with E-state index in [0.29, 0.717) is 21.9 Å². The molecule has 1 rings (SSSR count). The fraction of sp³-hybridized carbons (Fsp3) is 0.429. The summed E-state index contributed by atoms with van der Waals surface area (Å²) < 4.78 is 10.3. The summed E-state index contributed by atoms with van der Waals surface area (Å²) in [6.07, 6.45) is -0.561. The van der Waals surface area contributed by atoms with E-state index >= 15 is 0 Å². The topological polar surface area (TPSA) is 103 Å². The normalized spacial score (nSPS) is 10.8. The zero-order chi connectivity index (χ0) is 16.9. The molecule has 0 fully saturated rings. The highest BCUT2D eigenvalue weighted by atomic mass is 32.1. The van der Waals surface area contributed by atoms with Crippen LogP contribution in [0.15, 0.2) is 17.0 Å². The lowest BCUT2D eigenvalue weighted by Gasteiger charge is -2.20. The van der Waals surface area contributed by atoms with Crippen molar-refractivity contribution >= 4 is 30.4 Å². The summed E-state index contributed by atoms with van der Waals surface area (Å²) in [6, 6.07) is 2.64. The maximum Gasteiger partial charge on any atom is 0.407 e. The van der Waals surface area contributed by atoms with Crippen LogP contribution in [-0.2, 0) is 11.3 Å². The lowest BCUT2D eigenvalue weighted by Crippen LogP contribution is -2.32. The van der Waals surface area contributed by atoms with Crippen LogP contribution in [0.3, 0.4) is 0 Å². The quantitative estimate of drug-likeness (QED) is 0.638. The second-order valence-electron chi connectivity index (χ2n) is 5.50. The van der Waals surface area contributed by atoms with Crippen LogP contribution in [0.2, 0.25) is 0 Å². The summed E-state index contributed by atoms with van der Waals surface area (Å²) in [6.45, 7) is 5.45. The molecule has 0 aromatic heterocycles. The number of thiol groups is 1. The average molecular weight is 327 g/mol. The second-order valence-corrected chi connectivity index (χ2v) is 5.94. The van der Waals surface area contributed by atoms with Crippen molar-refractivity contribution in [1.29, 1.82) is 0 Å². The molecule has 8 heteroatoms. The Bertz CT molecular complexity index is 570. The van der Waals surface area contributed by atoms with Crippen LogP contribution < -0.4 is 21.1 Å². The number of nitrogens with two attached hydrogens (primary N) is 1. The molecule has 0 aliphatic rings. The third kappa shape index (κ3) is 5.36. The molecule has 122 valence electrons. The van der Waals surface area contributed by atoms with Crippen LogP contribution >= 0.6 is 12.6 Å². The molecule has 0 bridgehead atoms. The largest absolute Gasteiger partial charge is 0.496 e. The van der Waals surface area contributed by atoms with Gasteiger partial charge in [-0.2, -0.15) is 0 Å². The number of benzene rings is 1. The van der Waals surface area contributed by atoms with E-state index in [4.69, 9.17) is 15.2 Å². The van der Waals surface area contributed by atoms with Gasteiger partial charge in [0, 0.05) is 6.54 Å². The van der Waals surface area contributed by atoms with Crippen LogP contribution in [0.4, 0.5) is 15.3 Å². The number of nitrogens with one attached hydrogen (secondary N) is 2. The molecule has 4 N–H and O–H groups in total. The molecular weight excluding hydrogens is 306 g/mol. The van der Waals surface area contributed by atoms with Gasteiger partial charge in [0.25, 0.3) is 0 Å². The Kier molecular flexibility index (Phi) is 5.92. The molecule has 0 aliphatic heterocycles. The lowest BCUT2D eigenvalue weighted by atomic mass is 10.1. The van der Waals surface area contributed by atoms with E-state index in [1.165, 1.54) is 7.11 Å². The maximum atomic E-state index is 11.7. The SMILES string of the molecule is COc1ccc(CNC(=O)OC(C)(C)C)c(NC(N)=O)c1S. The van der Waals surface area contributed by atoms with Gasteiger partial charge in [-0.3, -0.25) is 0 Å². The standard InChI is InChI=1S/C14H21N3O4S/c1-14(2,3)21-13(19)16-7-8-5-6-9(20-4)11(22)10(8)17-12(15)18/h5-6,22H,7H2,1-4H3,(H,16,19)(H3,15,17,18). The first-order chi connectivity index (χ1) is 10.1. The van der Waals surface area contributed by atoms with Crippen molar-refractivity contribution in [3.8, 4) is 5.75 Å². The van der Waals surface area contributed by atoms with E-state index < -0.39 is 17.7 Å². The molecule has 1 aromatic carbocycles. The smallest absolute Gasteiger partial charge is 0.407 e. The van der Waals surface area contributed by atoms with Gasteiger partial charge in [0.15, 0.2) is 0 Å². The Morgan fingerprint density at radius 1 is 1.32 bits per heavy atom. The number of carbonyl (C=O) groups excluding carboxylic acids is 2. The van der Waals surface area contributed by atoms with Crippen molar-refractivity contribution in [3.63, 3.8) is 0 Å². The monoisotopic (exact) mass is 327 g/mol. The number of hydrogen-bond donors (Lipinski definition) is 4. The molecule has 0 heterocycles. The minimum Gasteiger partial charge on any atom is -0.496 e. The first-order valence-corrected chi connectivity index (χ1v) is 7.01. The fourth-order valence-electron chi connectivity index (χ4n) is 1.67. The number of ether oxygens (including phenoxy) is 2. The molecule has 22 heavy (non-hydrogen) atoms. The molecule has 0 unspecified atom stereocenters. The predicted molar refractivity (Wildman–Crippen MR) is 86.5 cm³/mol. The summed E-state index contributed by atoms with van der Waals surface area (Å²) in [4.78, 5) is 23.2. The van der Waals surface area contributed by atoms with Crippen LogP contribution in [0, 0.1) is 0 Å². The maximum absolute atomic E-state index is 11.7. The molecule has 0 saturated heterocycles. The lowest BCUT2D eigenvalue weighted by molar-refractivity contribution is 0.0523. The average Bonchev–Trinajstić information content (AvgIpc) is 2.37.